The summed E-state index contributed by atoms with van der Waals surface area (Å²) in [5.74, 6) is 0.630. The van der Waals surface area contributed by atoms with Crippen LogP contribution in [0, 0.1) is 17.0 Å². The lowest BCUT2D eigenvalue weighted by molar-refractivity contribution is -0.384. The summed E-state index contributed by atoms with van der Waals surface area (Å²) in [5.41, 5.74) is 0.618. The molecule has 0 N–H and O–H groups in total. The Kier molecular flexibility index (Phi) is 4.63. The molecular formula is C15H21N5O2S. The number of thiophene rings is 1. The van der Waals surface area contributed by atoms with E-state index in [0.29, 0.717) is 11.5 Å². The number of anilines is 1. The fourth-order valence-corrected chi connectivity index (χ4v) is 3.81. The van der Waals surface area contributed by atoms with Crippen LogP contribution in [0.25, 0.3) is 0 Å². The van der Waals surface area contributed by atoms with E-state index in [9.17, 15) is 10.1 Å². The van der Waals surface area contributed by atoms with Crippen molar-refractivity contribution in [2.75, 3.05) is 37.6 Å². The third kappa shape index (κ3) is 3.37. The van der Waals surface area contributed by atoms with Crippen LogP contribution in [0.2, 0.25) is 0 Å². The molecule has 1 fully saturated rings. The van der Waals surface area contributed by atoms with Gasteiger partial charge in [0.05, 0.1) is 4.92 Å². The molecule has 0 atom stereocenters. The second-order valence-electron chi connectivity index (χ2n) is 5.80. The first-order valence-electron chi connectivity index (χ1n) is 7.74. The van der Waals surface area contributed by atoms with E-state index < -0.39 is 0 Å². The van der Waals surface area contributed by atoms with Gasteiger partial charge in [0.15, 0.2) is 0 Å². The molecular weight excluding hydrogens is 314 g/mol. The van der Waals surface area contributed by atoms with Crippen molar-refractivity contribution in [1.82, 2.24) is 14.7 Å². The quantitative estimate of drug-likeness (QED) is 0.618. The highest BCUT2D eigenvalue weighted by atomic mass is 32.1. The van der Waals surface area contributed by atoms with Gasteiger partial charge in [0.1, 0.15) is 5.69 Å². The summed E-state index contributed by atoms with van der Waals surface area (Å²) < 4.78 is 1.63. The zero-order valence-electron chi connectivity index (χ0n) is 13.4. The molecule has 8 heteroatoms. The van der Waals surface area contributed by atoms with Gasteiger partial charge in [-0.3, -0.25) is 15.0 Å². The van der Waals surface area contributed by atoms with Crippen LogP contribution in [0.4, 0.5) is 11.5 Å². The molecule has 0 aromatic carbocycles. The molecule has 3 rings (SSSR count). The maximum atomic E-state index is 11.3. The van der Waals surface area contributed by atoms with Gasteiger partial charge in [0.2, 0.25) is 5.82 Å². The van der Waals surface area contributed by atoms with Crippen molar-refractivity contribution in [2.24, 2.45) is 7.05 Å². The van der Waals surface area contributed by atoms with Crippen molar-refractivity contribution in [3.63, 3.8) is 0 Å². The highest BCUT2D eigenvalue weighted by Gasteiger charge is 2.30. The molecule has 3 heterocycles. The molecule has 23 heavy (non-hydrogen) atoms. The van der Waals surface area contributed by atoms with E-state index in [1.165, 1.54) is 4.88 Å². The second kappa shape index (κ2) is 6.67. The van der Waals surface area contributed by atoms with Crippen LogP contribution in [-0.4, -0.2) is 52.3 Å². The summed E-state index contributed by atoms with van der Waals surface area (Å²) in [4.78, 5) is 16.9. The van der Waals surface area contributed by atoms with Gasteiger partial charge in [-0.05, 0) is 24.8 Å². The number of nitrogens with zero attached hydrogens (tertiary/aromatic N) is 5. The molecule has 0 saturated carbocycles. The number of aromatic nitrogens is 2. The minimum Gasteiger partial charge on any atom is -0.349 e. The second-order valence-corrected chi connectivity index (χ2v) is 6.83. The van der Waals surface area contributed by atoms with Crippen LogP contribution in [0.3, 0.4) is 0 Å². The molecule has 2 aromatic heterocycles. The summed E-state index contributed by atoms with van der Waals surface area (Å²) in [6.07, 6.45) is 1.07. The monoisotopic (exact) mass is 335 g/mol. The standard InChI is InChI=1S/C15H21N5O2S/c1-12-14(20(21)22)15(17(2)16-12)19-9-7-18(8-10-19)6-5-13-4-3-11-23-13/h3-4,11H,5-10H2,1-2H3. The van der Waals surface area contributed by atoms with Crippen LogP contribution in [0.5, 0.6) is 0 Å². The van der Waals surface area contributed by atoms with Gasteiger partial charge in [0.25, 0.3) is 0 Å². The van der Waals surface area contributed by atoms with Crippen molar-refractivity contribution in [3.05, 3.63) is 38.2 Å². The van der Waals surface area contributed by atoms with E-state index in [4.69, 9.17) is 0 Å². The lowest BCUT2D eigenvalue weighted by atomic mass is 10.2. The molecule has 0 bridgehead atoms. The van der Waals surface area contributed by atoms with Gasteiger partial charge in [-0.15, -0.1) is 11.3 Å². The molecule has 0 unspecified atom stereocenters. The molecule has 0 amide bonds. The van der Waals surface area contributed by atoms with E-state index in [2.05, 4.69) is 32.4 Å². The average molecular weight is 335 g/mol. The van der Waals surface area contributed by atoms with E-state index in [1.54, 1.807) is 30.0 Å². The molecule has 7 nitrogen and oxygen atoms in total. The van der Waals surface area contributed by atoms with Crippen LogP contribution >= 0.6 is 11.3 Å². The van der Waals surface area contributed by atoms with Gasteiger partial charge < -0.3 is 4.90 Å². The Bertz CT molecular complexity index is 674. The Balaban J connectivity index is 1.62. The Morgan fingerprint density at radius 2 is 2.09 bits per heavy atom. The smallest absolute Gasteiger partial charge is 0.333 e. The summed E-state index contributed by atoms with van der Waals surface area (Å²) in [6.45, 7) is 6.17. The van der Waals surface area contributed by atoms with Crippen LogP contribution in [0.15, 0.2) is 17.5 Å². The van der Waals surface area contributed by atoms with Gasteiger partial charge in [-0.25, -0.2) is 4.68 Å². The predicted molar refractivity (Wildman–Crippen MR) is 91.3 cm³/mol. The lowest BCUT2D eigenvalue weighted by Crippen LogP contribution is -2.47. The summed E-state index contributed by atoms with van der Waals surface area (Å²) in [6, 6.07) is 4.25. The van der Waals surface area contributed by atoms with Gasteiger partial charge in [-0.1, -0.05) is 6.07 Å². The average Bonchev–Trinajstić information content (AvgIpc) is 3.13. The van der Waals surface area contributed by atoms with Crippen LogP contribution in [0.1, 0.15) is 10.6 Å². The minimum absolute atomic E-state index is 0.138. The van der Waals surface area contributed by atoms with E-state index in [-0.39, 0.29) is 10.6 Å². The highest BCUT2D eigenvalue weighted by molar-refractivity contribution is 7.09. The number of nitro groups is 1. The maximum absolute atomic E-state index is 11.3. The highest BCUT2D eigenvalue weighted by Crippen LogP contribution is 2.31. The van der Waals surface area contributed by atoms with Crippen LogP contribution < -0.4 is 4.90 Å². The summed E-state index contributed by atoms with van der Waals surface area (Å²) >= 11 is 1.80. The van der Waals surface area contributed by atoms with Crippen molar-refractivity contribution in [2.45, 2.75) is 13.3 Å². The molecule has 0 aliphatic carbocycles. The zero-order chi connectivity index (χ0) is 16.4. The molecule has 1 aliphatic heterocycles. The van der Waals surface area contributed by atoms with Gasteiger partial charge >= 0.3 is 5.69 Å². The van der Waals surface area contributed by atoms with Crippen molar-refractivity contribution >= 4 is 22.8 Å². The lowest BCUT2D eigenvalue weighted by Gasteiger charge is -2.35. The third-order valence-electron chi connectivity index (χ3n) is 4.27. The van der Waals surface area contributed by atoms with Gasteiger partial charge in [-0.2, -0.15) is 5.10 Å². The van der Waals surface area contributed by atoms with Gasteiger partial charge in [0, 0.05) is 44.6 Å². The number of piperazine rings is 1. The van der Waals surface area contributed by atoms with Crippen LogP contribution in [-0.2, 0) is 13.5 Å². The molecule has 124 valence electrons. The van der Waals surface area contributed by atoms with E-state index in [0.717, 1.165) is 39.1 Å². The van der Waals surface area contributed by atoms with Crippen molar-refractivity contribution < 1.29 is 4.92 Å². The normalized spacial score (nSPS) is 16.0. The maximum Gasteiger partial charge on any atom is 0.333 e. The number of aryl methyl sites for hydroxylation is 2. The minimum atomic E-state index is -0.319. The first-order valence-corrected chi connectivity index (χ1v) is 8.62. The fourth-order valence-electron chi connectivity index (χ4n) is 3.11. The molecule has 1 saturated heterocycles. The first-order chi connectivity index (χ1) is 11.1. The topological polar surface area (TPSA) is 67.4 Å². The Hall–Kier alpha value is -1.93. The SMILES string of the molecule is Cc1nn(C)c(N2CCN(CCc3cccs3)CC2)c1[N+](=O)[O-]. The Morgan fingerprint density at radius 3 is 2.70 bits per heavy atom. The zero-order valence-corrected chi connectivity index (χ0v) is 14.3. The van der Waals surface area contributed by atoms with E-state index in [1.807, 2.05) is 0 Å². The molecule has 2 aromatic rings. The summed E-state index contributed by atoms with van der Waals surface area (Å²) in [7, 11) is 1.78. The molecule has 0 spiro atoms. The largest absolute Gasteiger partial charge is 0.349 e. The Labute approximate surface area is 139 Å². The summed E-state index contributed by atoms with van der Waals surface area (Å²) in [5, 5.41) is 17.6. The first kappa shape index (κ1) is 15.9. The predicted octanol–water partition coefficient (Wildman–Crippen LogP) is 2.06. The fraction of sp³-hybridized carbons (Fsp3) is 0.533. The number of hydrogen-bond donors (Lipinski definition) is 0. The number of hydrogen-bond acceptors (Lipinski definition) is 6. The Morgan fingerprint density at radius 1 is 1.35 bits per heavy atom. The van der Waals surface area contributed by atoms with E-state index >= 15 is 0 Å². The van der Waals surface area contributed by atoms with Crippen molar-refractivity contribution in [3.8, 4) is 0 Å². The molecule has 0 radical (unpaired) electrons. The third-order valence-corrected chi connectivity index (χ3v) is 5.21. The number of rotatable bonds is 5. The van der Waals surface area contributed by atoms with Crippen molar-refractivity contribution in [1.29, 1.82) is 0 Å². The molecule has 1 aliphatic rings.